The Morgan fingerprint density at radius 3 is 1.55 bits per heavy atom. The Morgan fingerprint density at radius 2 is 1.07 bits per heavy atom. The second kappa shape index (κ2) is 44.7. The molecule has 4 N–H and O–H groups in total. The molecule has 3 aliphatic heterocycles. The van der Waals surface area contributed by atoms with Crippen molar-refractivity contribution in [2.75, 3.05) is 50.2 Å². The van der Waals surface area contributed by atoms with Crippen molar-refractivity contribution in [2.45, 2.75) is 238 Å². The third-order valence-corrected chi connectivity index (χ3v) is 38.2. The number of carbonyl (C=O) groups excluding carboxylic acids is 3. The molecule has 0 radical (unpaired) electrons. The lowest BCUT2D eigenvalue weighted by molar-refractivity contribution is -0.119. The number of anilines is 2. The molecule has 0 spiro atoms. The highest BCUT2D eigenvalue weighted by Gasteiger charge is 2.59. The Hall–Kier alpha value is -11.7. The zero-order chi connectivity index (χ0) is 96.1. The first-order valence-electron chi connectivity index (χ1n) is 40.8. The van der Waals surface area contributed by atoms with Crippen molar-refractivity contribution in [3.05, 3.63) is 124 Å². The van der Waals surface area contributed by atoms with Crippen LogP contribution in [-0.2, 0) is 73.4 Å². The molecule has 2 amide bonds. The zero-order valence-corrected chi connectivity index (χ0v) is 80.7. The number of rotatable bonds is 31. The van der Waals surface area contributed by atoms with Crippen LogP contribution in [0.2, 0.25) is 54.4 Å². The fraction of sp³-hybridized carbons (Fsp3) is 0.489. The summed E-state index contributed by atoms with van der Waals surface area (Å²) in [5, 5.41) is 16.1. The van der Waals surface area contributed by atoms with E-state index in [0.717, 1.165) is 21.4 Å². The molecule has 7 heterocycles. The molecular formula is C90H102N12O23P2Si3. The summed E-state index contributed by atoms with van der Waals surface area (Å²) in [6.07, 6.45) is -7.47. The van der Waals surface area contributed by atoms with E-state index in [1.165, 1.54) is 42.2 Å². The summed E-state index contributed by atoms with van der Waals surface area (Å²) in [4.78, 5) is 120. The number of amides is 2. The third kappa shape index (κ3) is 26.8. The number of aromatic nitrogens is 8. The number of ether oxygens (including phenoxy) is 4. The van der Waals surface area contributed by atoms with E-state index >= 15 is 13.9 Å². The number of H-pyrrole nitrogens is 1. The molecule has 0 bridgehead atoms. The van der Waals surface area contributed by atoms with Crippen LogP contribution in [0.4, 0.5) is 11.8 Å². The average Bonchev–Trinajstić information content (AvgIpc) is 1.60. The average molecular weight is 1870 g/mol. The fourth-order valence-electron chi connectivity index (χ4n) is 11.8. The molecule has 5 unspecified atom stereocenters. The number of hydrogen-bond donors (Lipinski definition) is 4. The summed E-state index contributed by atoms with van der Waals surface area (Å²) < 4.78 is 122. The first-order chi connectivity index (χ1) is 61.1. The van der Waals surface area contributed by atoms with Crippen LogP contribution in [0, 0.1) is 164 Å². The van der Waals surface area contributed by atoms with Gasteiger partial charge in [0, 0.05) is 108 Å². The molecule has 5 aromatic rings. The smallest absolute Gasteiger partial charge is 0.407 e. The second-order valence-electron chi connectivity index (χ2n) is 34.4. The van der Waals surface area contributed by atoms with Crippen molar-refractivity contribution >= 4 is 81.2 Å². The molecule has 130 heavy (non-hydrogen) atoms. The molecule has 14 atom stereocenters. The summed E-state index contributed by atoms with van der Waals surface area (Å²) in [7, 11) is -20.0. The number of aromatic amines is 1. The lowest BCUT2D eigenvalue weighted by atomic mass is 10.0. The number of aryl methyl sites for hydroxylation is 1. The van der Waals surface area contributed by atoms with Crippen LogP contribution >= 0.6 is 15.6 Å². The molecule has 1 aromatic carbocycles. The lowest BCUT2D eigenvalue weighted by Crippen LogP contribution is -2.51. The predicted molar refractivity (Wildman–Crippen MR) is 488 cm³/mol. The highest BCUT2D eigenvalue weighted by molar-refractivity contribution is 7.48. The minimum atomic E-state index is -5.42. The Kier molecular flexibility index (Phi) is 35.7. The Morgan fingerprint density at radius 1 is 0.615 bits per heavy atom. The Labute approximate surface area is 758 Å². The van der Waals surface area contributed by atoms with E-state index < -0.39 is 208 Å². The standard InChI is InChI=1S/C90H102N12O23P2Si3/c1-25-27-28-29-30-31-32-33-34-35-36-37-38-39-40-41-42-43-44-45-52-113-66-56-64(55-61(5)62(66)6)81(108)102-70(104)47-51-100(87(102)110)82-75(123-128(19,20)88(8,9)10)72(105)67(119-82)57-116-126(111,114-53-48-91-17)122-74-68(120-84(77(74)125-130(23,24)90(14,15)16)101-59-93-71-78(101)96-85(98-80(71)107)97-79(106)60(3)4)58-117-127(112,115-54-49-92-18)121-73-65(26-2)118-83(76(73)124-129(21,22)89(11,12)13)99-50-46-69(94-63(7)103)95-86(99)109/h1,46-47,50-51,55-56,59-60,65,67-68,72-77,82-84,105H,26,48-49,53-54,57-58H2,2-16,19-24H3,(H,94,95,103,109)(H2,96,97,98,106,107)/t65-,67-,68-,72?,73?,74?,75+,76+,77+,82-,83-,84-,126?,127?/m1/s1. The number of imidazole rings is 1. The number of hydrogen-bond acceptors (Lipinski definition) is 26. The van der Waals surface area contributed by atoms with Crippen molar-refractivity contribution in [2.24, 2.45) is 5.92 Å². The number of nitrogens with zero attached hydrogens (tertiary/aromatic N) is 9. The van der Waals surface area contributed by atoms with Crippen molar-refractivity contribution in [1.82, 2.24) is 38.2 Å². The summed E-state index contributed by atoms with van der Waals surface area (Å²) in [6, 6.07) is 5.02. The number of terminal acetylenes is 1. The van der Waals surface area contributed by atoms with E-state index in [9.17, 15) is 33.9 Å². The van der Waals surface area contributed by atoms with E-state index in [0.29, 0.717) is 15.7 Å². The molecule has 3 fully saturated rings. The first-order valence-corrected chi connectivity index (χ1v) is 52.5. The summed E-state index contributed by atoms with van der Waals surface area (Å²) in [6.45, 7) is 49.8. The normalized spacial score (nSPS) is 20.8. The van der Waals surface area contributed by atoms with Gasteiger partial charge >= 0.3 is 27.0 Å². The van der Waals surface area contributed by atoms with Gasteiger partial charge < -0.3 is 52.3 Å². The number of aliphatic hydroxyl groups excluding tert-OH is 1. The SMILES string of the molecule is [C-]#[N+]CCOP(=O)(OC[C@H]1O[C@@H](n2cnc3c(=O)[nH]c(NC(=O)C(C)C)nc32)[C@@H](O[Si](C)(C)C(C)(C)C)C1OP(=O)(OCC[N+]#[C-])OC[C@H]1O[C@@H](n2ccc(=O)n(C(=O)c3cc(C)c(C)c(OC#CC#CC#CC#CC#CC#CC#CC#CC#CC#CC#C)c3)c2=O)[C@@H](O[Si](C)(C)C(C)(C)C)C1O)OC1[C@@H](CC)O[C@@H](n2ccc(NC(C)=O)nc2=O)[C@H]1O[Si](C)(C)C(C)(C)C. The largest absolute Gasteiger partial charge is 0.475 e. The maximum absolute atomic E-state index is 16.4. The van der Waals surface area contributed by atoms with Gasteiger partial charge in [-0.3, -0.25) is 75.1 Å². The fourth-order valence-corrected chi connectivity index (χ4v) is 18.5. The van der Waals surface area contributed by atoms with Crippen molar-refractivity contribution in [3.63, 3.8) is 0 Å². The summed E-state index contributed by atoms with van der Waals surface area (Å²) in [5.41, 5.74) is -3.63. The van der Waals surface area contributed by atoms with Crippen LogP contribution in [0.15, 0.2) is 62.2 Å². The van der Waals surface area contributed by atoms with Gasteiger partial charge in [0.1, 0.15) is 79.7 Å². The van der Waals surface area contributed by atoms with Gasteiger partial charge in [-0.2, -0.15) is 14.5 Å². The van der Waals surface area contributed by atoms with Crippen LogP contribution in [0.3, 0.4) is 0 Å². The van der Waals surface area contributed by atoms with Crippen LogP contribution in [0.1, 0.15) is 137 Å². The van der Waals surface area contributed by atoms with Crippen molar-refractivity contribution in [3.8, 4) is 137 Å². The lowest BCUT2D eigenvalue weighted by Gasteiger charge is -2.41. The molecule has 4 aromatic heterocycles. The number of phosphoric ester groups is 2. The number of nitrogens with one attached hydrogen (secondary N) is 3. The summed E-state index contributed by atoms with van der Waals surface area (Å²) in [5.74, 6) is 46.1. The van der Waals surface area contributed by atoms with Gasteiger partial charge in [-0.1, -0.05) is 83.1 Å². The minimum Gasteiger partial charge on any atom is -0.407 e. The maximum Gasteiger partial charge on any atom is 0.475 e. The number of fused-ring (bicyclic) bond motifs is 1. The van der Waals surface area contributed by atoms with E-state index in [2.05, 4.69) is 165 Å². The van der Waals surface area contributed by atoms with Crippen LogP contribution in [0.5, 0.6) is 5.75 Å². The van der Waals surface area contributed by atoms with Gasteiger partial charge in [0.25, 0.3) is 17.0 Å². The van der Waals surface area contributed by atoms with Gasteiger partial charge in [0.2, 0.25) is 30.9 Å². The van der Waals surface area contributed by atoms with E-state index in [-0.39, 0.29) is 47.2 Å². The van der Waals surface area contributed by atoms with Gasteiger partial charge in [-0.05, 0) is 151 Å². The number of benzene rings is 1. The second-order valence-corrected chi connectivity index (χ2v) is 51.9. The monoisotopic (exact) mass is 1860 g/mol. The molecule has 0 saturated carbocycles. The zero-order valence-electron chi connectivity index (χ0n) is 75.9. The molecule has 0 aliphatic carbocycles. The van der Waals surface area contributed by atoms with E-state index in [1.807, 2.05) is 102 Å². The van der Waals surface area contributed by atoms with Gasteiger partial charge in [0.15, 0.2) is 54.8 Å². The first kappa shape index (κ1) is 104. The summed E-state index contributed by atoms with van der Waals surface area (Å²) >= 11 is 0. The molecular weight excluding hydrogens is 1760 g/mol. The molecule has 3 saturated heterocycles. The topological polar surface area (TPSA) is 401 Å². The number of carbonyl (C=O) groups is 3. The van der Waals surface area contributed by atoms with E-state index in [1.54, 1.807) is 34.6 Å². The number of aliphatic hydroxyl groups is 1. The van der Waals surface area contributed by atoms with Gasteiger partial charge in [0.05, 0.1) is 25.6 Å². The van der Waals surface area contributed by atoms with Crippen LogP contribution < -0.4 is 37.9 Å². The highest BCUT2D eigenvalue weighted by Crippen LogP contribution is 2.59. The predicted octanol–water partition coefficient (Wildman–Crippen LogP) is 9.79. The molecule has 682 valence electrons. The molecule has 40 heteroatoms. The van der Waals surface area contributed by atoms with Gasteiger partial charge in [-0.25, -0.2) is 36.8 Å². The van der Waals surface area contributed by atoms with E-state index in [4.69, 9.17) is 78.9 Å². The van der Waals surface area contributed by atoms with Crippen molar-refractivity contribution < 1.29 is 88.0 Å². The van der Waals surface area contributed by atoms with Crippen molar-refractivity contribution in [1.29, 1.82) is 0 Å². The Bertz CT molecular complexity index is 6350. The maximum atomic E-state index is 16.4. The number of phosphoric acid groups is 2. The molecule has 35 nitrogen and oxygen atoms in total. The van der Waals surface area contributed by atoms with Gasteiger partial charge in [-0.15, -0.1) is 6.42 Å². The molecule has 8 rings (SSSR count). The van der Waals surface area contributed by atoms with Crippen LogP contribution in [0.25, 0.3) is 20.9 Å². The highest BCUT2D eigenvalue weighted by atomic mass is 31.2. The van der Waals surface area contributed by atoms with Crippen LogP contribution in [-0.4, -0.2) is 180 Å². The molecule has 3 aliphatic rings. The Balaban J connectivity index is 1.19. The quantitative estimate of drug-likeness (QED) is 0.0105. The minimum absolute atomic E-state index is 0.0549. The third-order valence-electron chi connectivity index (χ3n) is 21.8.